The summed E-state index contributed by atoms with van der Waals surface area (Å²) in [5.41, 5.74) is 1.75. The predicted octanol–water partition coefficient (Wildman–Crippen LogP) is 5.43. The number of amides is 2. The van der Waals surface area contributed by atoms with Crippen LogP contribution in [0, 0.1) is 12.8 Å². The Labute approximate surface area is 248 Å². The third-order valence-corrected chi connectivity index (χ3v) is 8.61. The maximum atomic E-state index is 14.1. The van der Waals surface area contributed by atoms with Crippen molar-refractivity contribution in [2.75, 3.05) is 24.0 Å². The van der Waals surface area contributed by atoms with E-state index in [1.165, 1.54) is 17.0 Å². The van der Waals surface area contributed by atoms with E-state index in [1.807, 2.05) is 20.8 Å². The van der Waals surface area contributed by atoms with Gasteiger partial charge < -0.3 is 15.0 Å². The monoisotopic (exact) mass is 599 g/mol. The van der Waals surface area contributed by atoms with E-state index in [4.69, 9.17) is 16.3 Å². The van der Waals surface area contributed by atoms with Crippen molar-refractivity contribution in [2.45, 2.75) is 52.1 Å². The molecule has 0 aliphatic heterocycles. The van der Waals surface area contributed by atoms with Crippen molar-refractivity contribution >= 4 is 39.1 Å². The zero-order valence-electron chi connectivity index (χ0n) is 24.1. The van der Waals surface area contributed by atoms with E-state index in [-0.39, 0.29) is 29.0 Å². The molecular formula is C31H38ClN3O5S. The number of anilines is 1. The first-order chi connectivity index (χ1) is 19.4. The number of hydrogen-bond acceptors (Lipinski definition) is 5. The summed E-state index contributed by atoms with van der Waals surface area (Å²) in [5.74, 6) is -0.385. The van der Waals surface area contributed by atoms with Crippen LogP contribution in [-0.2, 0) is 26.2 Å². The third-order valence-electron chi connectivity index (χ3n) is 6.47. The zero-order valence-corrected chi connectivity index (χ0v) is 25.7. The quantitative estimate of drug-likeness (QED) is 0.283. The Balaban J connectivity index is 2.07. The zero-order chi connectivity index (χ0) is 30.2. The Morgan fingerprint density at radius 2 is 1.59 bits per heavy atom. The topological polar surface area (TPSA) is 96.0 Å². The van der Waals surface area contributed by atoms with Crippen molar-refractivity contribution in [1.29, 1.82) is 0 Å². The van der Waals surface area contributed by atoms with Gasteiger partial charge >= 0.3 is 0 Å². The van der Waals surface area contributed by atoms with Crippen LogP contribution < -0.4 is 14.4 Å². The highest BCUT2D eigenvalue weighted by molar-refractivity contribution is 7.92. The second-order valence-corrected chi connectivity index (χ2v) is 12.4. The number of nitrogens with zero attached hydrogens (tertiary/aromatic N) is 2. The third kappa shape index (κ3) is 8.24. The van der Waals surface area contributed by atoms with E-state index in [9.17, 15) is 18.0 Å². The molecule has 0 bridgehead atoms. The molecule has 0 aromatic heterocycles. The summed E-state index contributed by atoms with van der Waals surface area (Å²) in [6.07, 6.45) is 0. The first kappa shape index (κ1) is 32.0. The second-order valence-electron chi connectivity index (χ2n) is 10.2. The van der Waals surface area contributed by atoms with Crippen molar-refractivity contribution in [3.05, 3.63) is 88.9 Å². The fraction of sp³-hybridized carbons (Fsp3) is 0.355. The number of para-hydroxylation sites is 2. The highest BCUT2D eigenvalue weighted by atomic mass is 35.5. The van der Waals surface area contributed by atoms with Crippen LogP contribution in [0.3, 0.4) is 0 Å². The second kappa shape index (κ2) is 14.4. The molecular weight excluding hydrogens is 562 g/mol. The standard InChI is InChI=1S/C31H38ClN3O5S/c1-6-40-29-14-10-9-13-28(29)35(41(38,39)26-17-15-23(4)16-18-26)21-30(36)34(20-25-11-7-8-12-27(25)32)24(5)31(37)33-19-22(2)3/h7-18,22,24H,6,19-21H2,1-5H3,(H,33,37). The van der Waals surface area contributed by atoms with Crippen molar-refractivity contribution in [1.82, 2.24) is 10.2 Å². The number of aryl methyl sites for hydroxylation is 1. The minimum absolute atomic E-state index is 0.0142. The molecule has 0 fully saturated rings. The number of sulfonamides is 1. The van der Waals surface area contributed by atoms with Gasteiger partial charge in [0.25, 0.3) is 10.0 Å². The molecule has 1 atom stereocenters. The van der Waals surface area contributed by atoms with Gasteiger partial charge in [-0.1, -0.05) is 73.5 Å². The Bertz CT molecular complexity index is 1440. The lowest BCUT2D eigenvalue weighted by Crippen LogP contribution is -2.51. The molecule has 3 aromatic rings. The van der Waals surface area contributed by atoms with Gasteiger partial charge in [-0.3, -0.25) is 13.9 Å². The number of ether oxygens (including phenoxy) is 1. The Kier molecular flexibility index (Phi) is 11.2. The van der Waals surface area contributed by atoms with Gasteiger partial charge in [-0.15, -0.1) is 0 Å². The maximum Gasteiger partial charge on any atom is 0.264 e. The largest absolute Gasteiger partial charge is 0.492 e. The van der Waals surface area contributed by atoms with Crippen LogP contribution in [0.1, 0.15) is 38.8 Å². The summed E-state index contributed by atoms with van der Waals surface area (Å²) in [6, 6.07) is 19.2. The van der Waals surface area contributed by atoms with Gasteiger partial charge in [0.05, 0.1) is 17.2 Å². The summed E-state index contributed by atoms with van der Waals surface area (Å²) in [5, 5.41) is 3.31. The highest BCUT2D eigenvalue weighted by Crippen LogP contribution is 2.33. The maximum absolute atomic E-state index is 14.1. The minimum Gasteiger partial charge on any atom is -0.492 e. The van der Waals surface area contributed by atoms with E-state index in [0.29, 0.717) is 29.5 Å². The van der Waals surface area contributed by atoms with Crippen LogP contribution in [0.2, 0.25) is 5.02 Å². The average molecular weight is 600 g/mol. The number of carbonyl (C=O) groups is 2. The van der Waals surface area contributed by atoms with Crippen LogP contribution >= 0.6 is 11.6 Å². The Morgan fingerprint density at radius 1 is 0.951 bits per heavy atom. The molecule has 1 unspecified atom stereocenters. The van der Waals surface area contributed by atoms with Gasteiger partial charge in [0.15, 0.2) is 0 Å². The lowest BCUT2D eigenvalue weighted by atomic mass is 10.1. The fourth-order valence-corrected chi connectivity index (χ4v) is 5.76. The fourth-order valence-electron chi connectivity index (χ4n) is 4.14. The van der Waals surface area contributed by atoms with Gasteiger partial charge in [0, 0.05) is 18.1 Å². The van der Waals surface area contributed by atoms with Crippen LogP contribution in [0.4, 0.5) is 5.69 Å². The number of nitrogens with one attached hydrogen (secondary N) is 1. The molecule has 1 N–H and O–H groups in total. The van der Waals surface area contributed by atoms with Crippen LogP contribution in [-0.4, -0.2) is 50.9 Å². The highest BCUT2D eigenvalue weighted by Gasteiger charge is 2.34. The van der Waals surface area contributed by atoms with E-state index in [2.05, 4.69) is 5.32 Å². The molecule has 2 amide bonds. The molecule has 220 valence electrons. The molecule has 3 rings (SSSR count). The van der Waals surface area contributed by atoms with E-state index in [1.54, 1.807) is 74.5 Å². The molecule has 0 spiro atoms. The molecule has 3 aromatic carbocycles. The lowest BCUT2D eigenvalue weighted by molar-refractivity contribution is -0.139. The molecule has 0 saturated carbocycles. The van der Waals surface area contributed by atoms with Gasteiger partial charge in [-0.05, 0) is 62.6 Å². The minimum atomic E-state index is -4.21. The van der Waals surface area contributed by atoms with Gasteiger partial charge in [-0.2, -0.15) is 0 Å². The van der Waals surface area contributed by atoms with Crippen molar-refractivity contribution < 1.29 is 22.7 Å². The molecule has 0 radical (unpaired) electrons. The SMILES string of the molecule is CCOc1ccccc1N(CC(=O)N(Cc1ccccc1Cl)C(C)C(=O)NCC(C)C)S(=O)(=O)c1ccc(C)cc1. The van der Waals surface area contributed by atoms with Crippen molar-refractivity contribution in [3.63, 3.8) is 0 Å². The number of halogens is 1. The number of benzene rings is 3. The van der Waals surface area contributed by atoms with E-state index < -0.39 is 28.5 Å². The number of rotatable bonds is 13. The summed E-state index contributed by atoms with van der Waals surface area (Å²) < 4.78 is 34.9. The molecule has 0 aliphatic carbocycles. The molecule has 0 aliphatic rings. The summed E-state index contributed by atoms with van der Waals surface area (Å²) >= 11 is 6.42. The summed E-state index contributed by atoms with van der Waals surface area (Å²) in [7, 11) is -4.21. The van der Waals surface area contributed by atoms with Gasteiger partial charge in [-0.25, -0.2) is 8.42 Å². The molecule has 8 nitrogen and oxygen atoms in total. The normalized spacial score (nSPS) is 12.1. The Morgan fingerprint density at radius 3 is 2.22 bits per heavy atom. The summed E-state index contributed by atoms with van der Waals surface area (Å²) in [6.45, 7) is 9.42. The molecule has 0 heterocycles. The van der Waals surface area contributed by atoms with E-state index >= 15 is 0 Å². The van der Waals surface area contributed by atoms with Crippen molar-refractivity contribution in [3.8, 4) is 5.75 Å². The lowest BCUT2D eigenvalue weighted by Gasteiger charge is -2.32. The average Bonchev–Trinajstić information content (AvgIpc) is 2.94. The number of carbonyl (C=O) groups excluding carboxylic acids is 2. The van der Waals surface area contributed by atoms with E-state index in [0.717, 1.165) is 9.87 Å². The van der Waals surface area contributed by atoms with Gasteiger partial charge in [0.1, 0.15) is 18.3 Å². The van der Waals surface area contributed by atoms with Gasteiger partial charge in [0.2, 0.25) is 11.8 Å². The smallest absolute Gasteiger partial charge is 0.264 e. The number of hydrogen-bond donors (Lipinski definition) is 1. The Hall–Kier alpha value is -3.56. The molecule has 41 heavy (non-hydrogen) atoms. The first-order valence-electron chi connectivity index (χ1n) is 13.6. The molecule has 10 heteroatoms. The molecule has 0 saturated heterocycles. The van der Waals surface area contributed by atoms with Crippen LogP contribution in [0.5, 0.6) is 5.75 Å². The van der Waals surface area contributed by atoms with Crippen LogP contribution in [0.15, 0.2) is 77.7 Å². The van der Waals surface area contributed by atoms with Crippen LogP contribution in [0.25, 0.3) is 0 Å². The summed E-state index contributed by atoms with van der Waals surface area (Å²) in [4.78, 5) is 28.6. The van der Waals surface area contributed by atoms with Crippen molar-refractivity contribution in [2.24, 2.45) is 5.92 Å². The first-order valence-corrected chi connectivity index (χ1v) is 15.4. The predicted molar refractivity (Wildman–Crippen MR) is 163 cm³/mol.